The van der Waals surface area contributed by atoms with Gasteiger partial charge < -0.3 is 10.6 Å². The Bertz CT molecular complexity index is 386. The van der Waals surface area contributed by atoms with Crippen molar-refractivity contribution in [3.05, 3.63) is 35.4 Å². The molecule has 1 rings (SSSR count). The van der Waals surface area contributed by atoms with Crippen LogP contribution in [0.25, 0.3) is 0 Å². The Hall–Kier alpha value is -1.35. The standard InChI is InChI=1S/C15H24N2O/c1-5-6-14(16)15(18)17(4)12(3)13-9-7-11(2)8-10-13/h7-10,12,14H,5-6,16H2,1-4H3/t12?,14-/m1/s1. The van der Waals surface area contributed by atoms with E-state index in [1.165, 1.54) is 5.56 Å². The third-order valence-electron chi connectivity index (χ3n) is 3.41. The van der Waals surface area contributed by atoms with Gasteiger partial charge in [0.05, 0.1) is 12.1 Å². The molecule has 1 amide bonds. The third-order valence-corrected chi connectivity index (χ3v) is 3.41. The van der Waals surface area contributed by atoms with Crippen LogP contribution in [0, 0.1) is 6.92 Å². The normalized spacial score (nSPS) is 14.1. The molecule has 0 bridgehead atoms. The second-order valence-electron chi connectivity index (χ2n) is 4.93. The zero-order valence-electron chi connectivity index (χ0n) is 11.8. The molecular formula is C15H24N2O. The van der Waals surface area contributed by atoms with Gasteiger partial charge in [-0.05, 0) is 25.8 Å². The zero-order valence-corrected chi connectivity index (χ0v) is 11.8. The van der Waals surface area contributed by atoms with E-state index < -0.39 is 0 Å². The Kier molecular flexibility index (Phi) is 5.35. The van der Waals surface area contributed by atoms with E-state index in [0.29, 0.717) is 0 Å². The molecule has 0 aliphatic heterocycles. The quantitative estimate of drug-likeness (QED) is 0.870. The first-order chi connectivity index (χ1) is 8.47. The molecule has 1 aromatic carbocycles. The first-order valence-electron chi connectivity index (χ1n) is 6.56. The number of hydrogen-bond acceptors (Lipinski definition) is 2. The summed E-state index contributed by atoms with van der Waals surface area (Å²) in [5.41, 5.74) is 8.24. The molecule has 0 aliphatic carbocycles. The monoisotopic (exact) mass is 248 g/mol. The van der Waals surface area contributed by atoms with E-state index in [-0.39, 0.29) is 18.0 Å². The van der Waals surface area contributed by atoms with Crippen molar-refractivity contribution in [3.8, 4) is 0 Å². The Morgan fingerprint density at radius 1 is 1.33 bits per heavy atom. The minimum atomic E-state index is -0.382. The fraction of sp³-hybridized carbons (Fsp3) is 0.533. The number of rotatable bonds is 5. The van der Waals surface area contributed by atoms with E-state index in [1.807, 2.05) is 20.9 Å². The van der Waals surface area contributed by atoms with E-state index >= 15 is 0 Å². The lowest BCUT2D eigenvalue weighted by Gasteiger charge is -2.28. The number of aryl methyl sites for hydroxylation is 1. The number of nitrogens with two attached hydrogens (primary N) is 1. The van der Waals surface area contributed by atoms with Crippen LogP contribution in [0.1, 0.15) is 43.9 Å². The van der Waals surface area contributed by atoms with Crippen molar-refractivity contribution < 1.29 is 4.79 Å². The summed E-state index contributed by atoms with van der Waals surface area (Å²) >= 11 is 0. The molecule has 1 aromatic rings. The molecule has 0 saturated heterocycles. The molecule has 0 fully saturated rings. The zero-order chi connectivity index (χ0) is 13.7. The number of hydrogen-bond donors (Lipinski definition) is 1. The summed E-state index contributed by atoms with van der Waals surface area (Å²) in [4.78, 5) is 13.9. The Morgan fingerprint density at radius 3 is 2.39 bits per heavy atom. The van der Waals surface area contributed by atoms with E-state index in [2.05, 4.69) is 31.2 Å². The van der Waals surface area contributed by atoms with Crippen molar-refractivity contribution in [2.75, 3.05) is 7.05 Å². The lowest BCUT2D eigenvalue weighted by molar-refractivity contribution is -0.133. The summed E-state index contributed by atoms with van der Waals surface area (Å²) in [7, 11) is 1.82. The van der Waals surface area contributed by atoms with Gasteiger partial charge >= 0.3 is 0 Å². The minimum Gasteiger partial charge on any atom is -0.338 e. The first-order valence-corrected chi connectivity index (χ1v) is 6.56. The molecule has 0 aromatic heterocycles. The van der Waals surface area contributed by atoms with Crippen LogP contribution in [0.5, 0.6) is 0 Å². The lowest BCUT2D eigenvalue weighted by Crippen LogP contribution is -2.42. The van der Waals surface area contributed by atoms with Crippen molar-refractivity contribution in [2.45, 2.75) is 45.7 Å². The van der Waals surface area contributed by atoms with Gasteiger partial charge in [-0.3, -0.25) is 4.79 Å². The summed E-state index contributed by atoms with van der Waals surface area (Å²) in [6.07, 6.45) is 1.67. The number of amides is 1. The lowest BCUT2D eigenvalue weighted by atomic mass is 10.0. The second kappa shape index (κ2) is 6.55. The van der Waals surface area contributed by atoms with Crippen LogP contribution in [0.2, 0.25) is 0 Å². The minimum absolute atomic E-state index is 0.0184. The van der Waals surface area contributed by atoms with Gasteiger partial charge in [0, 0.05) is 7.05 Å². The highest BCUT2D eigenvalue weighted by molar-refractivity contribution is 5.81. The highest BCUT2D eigenvalue weighted by Gasteiger charge is 2.22. The van der Waals surface area contributed by atoms with E-state index in [4.69, 9.17) is 5.73 Å². The Labute approximate surface area is 110 Å². The van der Waals surface area contributed by atoms with Crippen LogP contribution in [0.4, 0.5) is 0 Å². The maximum atomic E-state index is 12.1. The molecule has 2 atom stereocenters. The summed E-state index contributed by atoms with van der Waals surface area (Å²) in [5.74, 6) is 0.0184. The summed E-state index contributed by atoms with van der Waals surface area (Å²) in [6, 6.07) is 7.94. The van der Waals surface area contributed by atoms with Gasteiger partial charge in [0.1, 0.15) is 0 Å². The number of carbonyl (C=O) groups excluding carboxylic acids is 1. The average molecular weight is 248 g/mol. The fourth-order valence-electron chi connectivity index (χ4n) is 1.96. The van der Waals surface area contributed by atoms with Crippen LogP contribution in [-0.4, -0.2) is 23.9 Å². The van der Waals surface area contributed by atoms with Gasteiger partial charge in [-0.15, -0.1) is 0 Å². The van der Waals surface area contributed by atoms with Gasteiger partial charge in [-0.25, -0.2) is 0 Å². The summed E-state index contributed by atoms with van der Waals surface area (Å²) < 4.78 is 0. The summed E-state index contributed by atoms with van der Waals surface area (Å²) in [6.45, 7) is 6.12. The third kappa shape index (κ3) is 3.57. The van der Waals surface area contributed by atoms with Crippen molar-refractivity contribution in [3.63, 3.8) is 0 Å². The van der Waals surface area contributed by atoms with Crippen molar-refractivity contribution in [1.29, 1.82) is 0 Å². The molecule has 0 aliphatic rings. The largest absolute Gasteiger partial charge is 0.338 e. The predicted octanol–water partition coefficient (Wildman–Crippen LogP) is 2.64. The first kappa shape index (κ1) is 14.7. The smallest absolute Gasteiger partial charge is 0.239 e. The second-order valence-corrected chi connectivity index (χ2v) is 4.93. The van der Waals surface area contributed by atoms with E-state index in [9.17, 15) is 4.79 Å². The topological polar surface area (TPSA) is 46.3 Å². The number of benzene rings is 1. The molecule has 1 unspecified atom stereocenters. The van der Waals surface area contributed by atoms with Gasteiger partial charge in [0.25, 0.3) is 0 Å². The van der Waals surface area contributed by atoms with Gasteiger partial charge in [0.15, 0.2) is 0 Å². The van der Waals surface area contributed by atoms with Crippen molar-refractivity contribution >= 4 is 5.91 Å². The van der Waals surface area contributed by atoms with Crippen LogP contribution in [-0.2, 0) is 4.79 Å². The number of likely N-dealkylation sites (N-methyl/N-ethyl adjacent to an activating group) is 1. The molecule has 0 heterocycles. The molecule has 100 valence electrons. The van der Waals surface area contributed by atoms with Crippen LogP contribution in [0.15, 0.2) is 24.3 Å². The van der Waals surface area contributed by atoms with Gasteiger partial charge in [-0.1, -0.05) is 43.2 Å². The molecule has 0 radical (unpaired) electrons. The highest BCUT2D eigenvalue weighted by Crippen LogP contribution is 2.20. The average Bonchev–Trinajstić information content (AvgIpc) is 2.37. The molecule has 3 nitrogen and oxygen atoms in total. The number of carbonyl (C=O) groups is 1. The molecular weight excluding hydrogens is 224 g/mol. The van der Waals surface area contributed by atoms with Crippen molar-refractivity contribution in [2.24, 2.45) is 5.73 Å². The maximum absolute atomic E-state index is 12.1. The predicted molar refractivity (Wildman–Crippen MR) is 75.2 cm³/mol. The van der Waals surface area contributed by atoms with E-state index in [1.54, 1.807) is 4.90 Å². The number of nitrogens with zero attached hydrogens (tertiary/aromatic N) is 1. The van der Waals surface area contributed by atoms with Gasteiger partial charge in [-0.2, -0.15) is 0 Å². The Balaban J connectivity index is 2.74. The molecule has 2 N–H and O–H groups in total. The molecule has 3 heteroatoms. The van der Waals surface area contributed by atoms with Crippen LogP contribution >= 0.6 is 0 Å². The maximum Gasteiger partial charge on any atom is 0.239 e. The summed E-state index contributed by atoms with van der Waals surface area (Å²) in [5, 5.41) is 0. The van der Waals surface area contributed by atoms with Crippen LogP contribution in [0.3, 0.4) is 0 Å². The fourth-order valence-corrected chi connectivity index (χ4v) is 1.96. The molecule has 18 heavy (non-hydrogen) atoms. The Morgan fingerprint density at radius 2 is 1.89 bits per heavy atom. The molecule has 0 saturated carbocycles. The SMILES string of the molecule is CCC[C@@H](N)C(=O)N(C)C(C)c1ccc(C)cc1. The van der Waals surface area contributed by atoms with Gasteiger partial charge in [0.2, 0.25) is 5.91 Å². The van der Waals surface area contributed by atoms with Crippen molar-refractivity contribution in [1.82, 2.24) is 4.90 Å². The molecule has 0 spiro atoms. The van der Waals surface area contributed by atoms with Crippen LogP contribution < -0.4 is 5.73 Å². The highest BCUT2D eigenvalue weighted by atomic mass is 16.2. The van der Waals surface area contributed by atoms with E-state index in [0.717, 1.165) is 18.4 Å².